The van der Waals surface area contributed by atoms with Crippen LogP contribution >= 0.6 is 0 Å². The summed E-state index contributed by atoms with van der Waals surface area (Å²) in [5, 5.41) is 26.4. The van der Waals surface area contributed by atoms with Crippen molar-refractivity contribution in [3.8, 4) is 5.75 Å². The van der Waals surface area contributed by atoms with Crippen molar-refractivity contribution in [3.63, 3.8) is 0 Å². The molecule has 0 aliphatic carbocycles. The Hall–Kier alpha value is -2.58. The van der Waals surface area contributed by atoms with Gasteiger partial charge in [0.15, 0.2) is 11.1 Å². The third-order valence-electron chi connectivity index (χ3n) is 3.02. The van der Waals surface area contributed by atoms with Gasteiger partial charge < -0.3 is 14.8 Å². The highest BCUT2D eigenvalue weighted by Gasteiger charge is 2.10. The van der Waals surface area contributed by atoms with Crippen LogP contribution in [0.15, 0.2) is 52.7 Å². The van der Waals surface area contributed by atoms with Crippen LogP contribution in [-0.2, 0) is 17.5 Å². The number of carboxylic acid groups (broad SMARTS) is 1. The van der Waals surface area contributed by atoms with Crippen LogP contribution in [0.1, 0.15) is 15.9 Å². The molecule has 0 aromatic heterocycles. The number of carboxylic acids is 1. The Morgan fingerprint density at radius 2 is 1.87 bits per heavy atom. The van der Waals surface area contributed by atoms with E-state index in [-0.39, 0.29) is 22.8 Å². The summed E-state index contributed by atoms with van der Waals surface area (Å²) in [7, 11) is 0. The second-order valence-electron chi connectivity index (χ2n) is 4.61. The number of aryl methyl sites for hydroxylation is 1. The number of hydrogen-bond donors (Lipinski definition) is 3. The van der Waals surface area contributed by atoms with E-state index < -0.39 is 17.0 Å². The minimum Gasteiger partial charge on any atom is -0.507 e. The highest BCUT2D eigenvalue weighted by molar-refractivity contribution is 7.79. The maximum absolute atomic E-state index is 11.0. The van der Waals surface area contributed by atoms with Crippen molar-refractivity contribution in [2.75, 3.05) is 5.75 Å². The molecule has 2 aromatic carbocycles. The van der Waals surface area contributed by atoms with Gasteiger partial charge in [-0.25, -0.2) is 9.00 Å². The molecule has 23 heavy (non-hydrogen) atoms. The van der Waals surface area contributed by atoms with Crippen molar-refractivity contribution < 1.29 is 23.8 Å². The lowest BCUT2D eigenvalue weighted by atomic mass is 10.1. The fraction of sp³-hybridized carbons (Fsp3) is 0.133. The normalized spacial score (nSPS) is 12.4. The number of aromatic carboxylic acids is 1. The van der Waals surface area contributed by atoms with E-state index >= 15 is 0 Å². The van der Waals surface area contributed by atoms with Crippen LogP contribution in [-0.4, -0.2) is 30.7 Å². The summed E-state index contributed by atoms with van der Waals surface area (Å²) >= 11 is -1.89. The zero-order chi connectivity index (χ0) is 16.8. The van der Waals surface area contributed by atoms with E-state index in [2.05, 4.69) is 10.2 Å². The molecule has 120 valence electrons. The van der Waals surface area contributed by atoms with Crippen LogP contribution in [0.2, 0.25) is 0 Å². The Morgan fingerprint density at radius 3 is 2.57 bits per heavy atom. The fourth-order valence-electron chi connectivity index (χ4n) is 1.89. The van der Waals surface area contributed by atoms with Gasteiger partial charge in [-0.2, -0.15) is 10.2 Å². The Morgan fingerprint density at radius 1 is 1.13 bits per heavy atom. The summed E-state index contributed by atoms with van der Waals surface area (Å²) in [4.78, 5) is 11.0. The van der Waals surface area contributed by atoms with Gasteiger partial charge >= 0.3 is 5.97 Å². The smallest absolute Gasteiger partial charge is 0.339 e. The maximum atomic E-state index is 11.0. The van der Waals surface area contributed by atoms with E-state index in [1.807, 2.05) is 0 Å². The average molecular weight is 334 g/mol. The lowest BCUT2D eigenvalue weighted by Crippen LogP contribution is -1.99. The number of azo groups is 1. The second kappa shape index (κ2) is 7.61. The van der Waals surface area contributed by atoms with Crippen molar-refractivity contribution in [2.24, 2.45) is 10.2 Å². The first-order chi connectivity index (χ1) is 11.0. The number of phenols is 1. The van der Waals surface area contributed by atoms with E-state index in [0.717, 1.165) is 5.56 Å². The number of rotatable bonds is 6. The molecule has 0 heterocycles. The molecule has 7 nitrogen and oxygen atoms in total. The van der Waals surface area contributed by atoms with Crippen LogP contribution in [0.5, 0.6) is 5.75 Å². The van der Waals surface area contributed by atoms with Crippen LogP contribution in [0, 0.1) is 0 Å². The molecule has 2 rings (SSSR count). The van der Waals surface area contributed by atoms with Gasteiger partial charge in [0.05, 0.1) is 17.1 Å². The van der Waals surface area contributed by atoms with E-state index in [9.17, 15) is 14.1 Å². The quantitative estimate of drug-likeness (QED) is 0.553. The molecule has 0 aliphatic heterocycles. The molecule has 1 atom stereocenters. The summed E-state index contributed by atoms with van der Waals surface area (Å²) in [6.07, 6.45) is 0.369. The molecule has 0 saturated heterocycles. The lowest BCUT2D eigenvalue weighted by molar-refractivity contribution is 0.0693. The molecule has 0 amide bonds. The molecular weight excluding hydrogens is 320 g/mol. The molecule has 0 fully saturated rings. The van der Waals surface area contributed by atoms with E-state index in [1.165, 1.54) is 18.2 Å². The maximum Gasteiger partial charge on any atom is 0.339 e. The molecule has 8 heteroatoms. The third-order valence-corrected chi connectivity index (χ3v) is 3.57. The highest BCUT2D eigenvalue weighted by Crippen LogP contribution is 2.26. The van der Waals surface area contributed by atoms with Crippen molar-refractivity contribution in [1.82, 2.24) is 0 Å². The summed E-state index contributed by atoms with van der Waals surface area (Å²) in [6.45, 7) is 0. The first-order valence-electron chi connectivity index (χ1n) is 6.61. The molecule has 0 spiro atoms. The molecule has 1 unspecified atom stereocenters. The van der Waals surface area contributed by atoms with Crippen molar-refractivity contribution in [1.29, 1.82) is 0 Å². The summed E-state index contributed by atoms with van der Waals surface area (Å²) < 4.78 is 19.6. The first-order valence-corrected chi connectivity index (χ1v) is 7.88. The van der Waals surface area contributed by atoms with Gasteiger partial charge in [-0.05, 0) is 36.2 Å². The Bertz CT molecular complexity index is 776. The van der Waals surface area contributed by atoms with Crippen LogP contribution in [0.3, 0.4) is 0 Å². The zero-order valence-corrected chi connectivity index (χ0v) is 12.7. The molecule has 2 aromatic rings. The summed E-state index contributed by atoms with van der Waals surface area (Å²) in [5.41, 5.74) is 1.31. The van der Waals surface area contributed by atoms with Crippen molar-refractivity contribution >= 4 is 28.4 Å². The van der Waals surface area contributed by atoms with Gasteiger partial charge in [-0.1, -0.05) is 18.2 Å². The number of carbonyl (C=O) groups is 1. The number of hydrogen-bond acceptors (Lipinski definition) is 5. The molecule has 3 N–H and O–H groups in total. The topological polar surface area (TPSA) is 120 Å². The van der Waals surface area contributed by atoms with Crippen LogP contribution in [0.25, 0.3) is 0 Å². The van der Waals surface area contributed by atoms with E-state index in [0.29, 0.717) is 12.1 Å². The van der Waals surface area contributed by atoms with E-state index in [1.54, 1.807) is 24.3 Å². The number of nitrogens with zero attached hydrogens (tertiary/aromatic N) is 2. The molecule has 0 bridgehead atoms. The predicted molar refractivity (Wildman–Crippen MR) is 85.0 cm³/mol. The van der Waals surface area contributed by atoms with Gasteiger partial charge in [0.2, 0.25) is 0 Å². The van der Waals surface area contributed by atoms with Gasteiger partial charge in [-0.15, -0.1) is 0 Å². The minimum absolute atomic E-state index is 0.0922. The molecular formula is C15H14N2O5S. The van der Waals surface area contributed by atoms with Gasteiger partial charge in [0.25, 0.3) is 0 Å². The predicted octanol–water partition coefficient (Wildman–Crippen LogP) is 3.27. The molecule has 0 radical (unpaired) electrons. The molecule has 0 saturated carbocycles. The lowest BCUT2D eigenvalue weighted by Gasteiger charge is -2.03. The van der Waals surface area contributed by atoms with Crippen LogP contribution in [0.4, 0.5) is 11.4 Å². The van der Waals surface area contributed by atoms with Crippen molar-refractivity contribution in [3.05, 3.63) is 53.6 Å². The fourth-order valence-corrected chi connectivity index (χ4v) is 2.28. The van der Waals surface area contributed by atoms with Crippen LogP contribution < -0.4 is 0 Å². The summed E-state index contributed by atoms with van der Waals surface area (Å²) in [6, 6.07) is 10.9. The van der Waals surface area contributed by atoms with E-state index in [4.69, 9.17) is 9.66 Å². The Kier molecular flexibility index (Phi) is 5.56. The monoisotopic (exact) mass is 334 g/mol. The Labute approximate surface area is 134 Å². The average Bonchev–Trinajstić information content (AvgIpc) is 2.52. The second-order valence-corrected chi connectivity index (χ2v) is 5.66. The number of benzene rings is 2. The first kappa shape index (κ1) is 16.8. The Balaban J connectivity index is 2.25. The van der Waals surface area contributed by atoms with Gasteiger partial charge in [0.1, 0.15) is 11.3 Å². The third kappa shape index (κ3) is 4.70. The largest absolute Gasteiger partial charge is 0.507 e. The van der Waals surface area contributed by atoms with Crippen molar-refractivity contribution in [2.45, 2.75) is 6.42 Å². The van der Waals surface area contributed by atoms with Gasteiger partial charge in [-0.3, -0.25) is 0 Å². The molecule has 0 aliphatic rings. The number of aromatic hydroxyl groups is 1. The highest BCUT2D eigenvalue weighted by atomic mass is 32.2. The standard InChI is InChI=1S/C15H14N2O5S/c18-14-6-5-11(9-12(14)15(19)20)16-17-13-4-2-1-3-10(13)7-8-23(21)22/h1-6,9,18H,7-8H2,(H,19,20)(H,21,22). The summed E-state index contributed by atoms with van der Waals surface area (Å²) in [5.74, 6) is -1.51. The van der Waals surface area contributed by atoms with Gasteiger partial charge in [0, 0.05) is 0 Å². The zero-order valence-electron chi connectivity index (χ0n) is 11.9. The SMILES string of the molecule is O=C(O)c1cc(N=Nc2ccccc2CCS(=O)O)ccc1O. The minimum atomic E-state index is -1.89.